The first kappa shape index (κ1) is 31.2. The standard InChI is InChI=1S/C32H41N5O2/c1-24(2)11-8-6-7-9-19-36-30(38)12-10-20-37(5)27-16-13-25(14-17-27)15-18-29-28(23-35)31(26(21-33)22-34)39-32(29,3)4/h13-18,24H,6-12,19-20H2,1-5H3,(H,36,38)/b18-15+. The van der Waals surface area contributed by atoms with Crippen molar-refractivity contribution in [1.82, 2.24) is 5.32 Å². The molecule has 0 aromatic heterocycles. The molecule has 1 heterocycles. The Kier molecular flexibility index (Phi) is 12.3. The lowest BCUT2D eigenvalue weighted by molar-refractivity contribution is -0.121. The number of anilines is 1. The van der Waals surface area contributed by atoms with Crippen LogP contribution in [0, 0.1) is 39.9 Å². The first-order valence-corrected chi connectivity index (χ1v) is 13.8. The molecule has 0 aliphatic carbocycles. The third kappa shape index (κ3) is 9.66. The Labute approximate surface area is 234 Å². The summed E-state index contributed by atoms with van der Waals surface area (Å²) in [4.78, 5) is 14.3. The minimum atomic E-state index is -0.838. The van der Waals surface area contributed by atoms with Crippen molar-refractivity contribution in [3.63, 3.8) is 0 Å². The van der Waals surface area contributed by atoms with Gasteiger partial charge in [0.05, 0.1) is 0 Å². The highest BCUT2D eigenvalue weighted by Gasteiger charge is 2.38. The zero-order valence-corrected chi connectivity index (χ0v) is 24.0. The highest BCUT2D eigenvalue weighted by molar-refractivity contribution is 5.75. The summed E-state index contributed by atoms with van der Waals surface area (Å²) < 4.78 is 5.80. The lowest BCUT2D eigenvalue weighted by Crippen LogP contribution is -2.26. The number of rotatable bonds is 14. The average molecular weight is 528 g/mol. The smallest absolute Gasteiger partial charge is 0.220 e. The molecule has 0 bridgehead atoms. The van der Waals surface area contributed by atoms with Gasteiger partial charge in [-0.3, -0.25) is 4.79 Å². The van der Waals surface area contributed by atoms with Crippen molar-refractivity contribution >= 4 is 17.7 Å². The van der Waals surface area contributed by atoms with Gasteiger partial charge in [-0.2, -0.15) is 15.8 Å². The van der Waals surface area contributed by atoms with Gasteiger partial charge in [0, 0.05) is 37.8 Å². The highest BCUT2D eigenvalue weighted by Crippen LogP contribution is 2.40. The van der Waals surface area contributed by atoms with Crippen LogP contribution in [0.15, 0.2) is 52.8 Å². The number of carbonyl (C=O) groups is 1. The Morgan fingerprint density at radius 2 is 1.69 bits per heavy atom. The van der Waals surface area contributed by atoms with Crippen LogP contribution in [0.2, 0.25) is 0 Å². The minimum absolute atomic E-state index is 0.0369. The van der Waals surface area contributed by atoms with E-state index in [1.165, 1.54) is 25.7 Å². The molecule has 1 aromatic carbocycles. The third-order valence-corrected chi connectivity index (χ3v) is 6.77. The summed E-state index contributed by atoms with van der Waals surface area (Å²) in [6.07, 6.45) is 11.0. The maximum atomic E-state index is 12.1. The molecular weight excluding hydrogens is 486 g/mol. The van der Waals surface area contributed by atoms with Gasteiger partial charge in [-0.15, -0.1) is 0 Å². The Morgan fingerprint density at radius 1 is 1.03 bits per heavy atom. The molecular formula is C32H41N5O2. The molecule has 39 heavy (non-hydrogen) atoms. The van der Waals surface area contributed by atoms with Crippen LogP contribution < -0.4 is 10.2 Å². The summed E-state index contributed by atoms with van der Waals surface area (Å²) >= 11 is 0. The zero-order chi connectivity index (χ0) is 28.8. The molecule has 1 aromatic rings. The number of nitriles is 3. The van der Waals surface area contributed by atoms with Gasteiger partial charge in [0.25, 0.3) is 0 Å². The maximum Gasteiger partial charge on any atom is 0.220 e. The molecule has 7 nitrogen and oxygen atoms in total. The van der Waals surface area contributed by atoms with E-state index in [0.29, 0.717) is 12.0 Å². The third-order valence-electron chi connectivity index (χ3n) is 6.77. The molecule has 0 spiro atoms. The maximum absolute atomic E-state index is 12.1. The van der Waals surface area contributed by atoms with E-state index in [1.54, 1.807) is 32.1 Å². The first-order valence-electron chi connectivity index (χ1n) is 13.8. The Hall–Kier alpha value is -4.02. The molecule has 2 rings (SSSR count). The van der Waals surface area contributed by atoms with Crippen molar-refractivity contribution in [2.45, 2.75) is 78.2 Å². The van der Waals surface area contributed by atoms with Crippen LogP contribution in [0.4, 0.5) is 5.69 Å². The molecule has 0 atom stereocenters. The van der Waals surface area contributed by atoms with Crippen molar-refractivity contribution in [2.24, 2.45) is 5.92 Å². The molecule has 0 fully saturated rings. The van der Waals surface area contributed by atoms with Crippen LogP contribution in [-0.2, 0) is 9.53 Å². The van der Waals surface area contributed by atoms with Gasteiger partial charge < -0.3 is 15.0 Å². The van der Waals surface area contributed by atoms with Crippen molar-refractivity contribution in [2.75, 3.05) is 25.0 Å². The Morgan fingerprint density at radius 3 is 2.31 bits per heavy atom. The summed E-state index contributed by atoms with van der Waals surface area (Å²) in [6.45, 7) is 9.65. The molecule has 1 amide bonds. The number of allylic oxidation sites excluding steroid dienone is 2. The zero-order valence-electron chi connectivity index (χ0n) is 24.0. The number of nitrogens with zero attached hydrogens (tertiary/aromatic N) is 4. The summed E-state index contributed by atoms with van der Waals surface area (Å²) in [7, 11) is 2.01. The quantitative estimate of drug-likeness (QED) is 0.216. The summed E-state index contributed by atoms with van der Waals surface area (Å²) in [5.41, 5.74) is 1.77. The average Bonchev–Trinajstić information content (AvgIpc) is 3.16. The number of ether oxygens (including phenoxy) is 1. The summed E-state index contributed by atoms with van der Waals surface area (Å²) in [5, 5.41) is 31.1. The van der Waals surface area contributed by atoms with Crippen molar-refractivity contribution in [3.8, 4) is 18.2 Å². The highest BCUT2D eigenvalue weighted by atomic mass is 16.5. The van der Waals surface area contributed by atoms with E-state index < -0.39 is 5.60 Å². The van der Waals surface area contributed by atoms with Crippen LogP contribution >= 0.6 is 0 Å². The number of benzene rings is 1. The normalized spacial score (nSPS) is 14.1. The number of carbonyl (C=O) groups excluding carboxylic acids is 1. The molecule has 0 saturated heterocycles. The SMILES string of the molecule is CC(C)CCCCCCNC(=O)CCCN(C)c1ccc(/C=C/C2=C(C#N)C(=C(C#N)C#N)OC2(C)C)cc1. The Balaban J connectivity index is 1.85. The fourth-order valence-corrected chi connectivity index (χ4v) is 4.45. The van der Waals surface area contributed by atoms with Gasteiger partial charge in [-0.25, -0.2) is 0 Å². The predicted octanol–water partition coefficient (Wildman–Crippen LogP) is 6.57. The van der Waals surface area contributed by atoms with Gasteiger partial charge in [0.2, 0.25) is 5.91 Å². The van der Waals surface area contributed by atoms with Gasteiger partial charge in [0.15, 0.2) is 11.3 Å². The summed E-state index contributed by atoms with van der Waals surface area (Å²) in [6, 6.07) is 13.7. The van der Waals surface area contributed by atoms with E-state index in [1.807, 2.05) is 37.4 Å². The lowest BCUT2D eigenvalue weighted by atomic mass is 9.94. The molecule has 0 saturated carbocycles. The van der Waals surface area contributed by atoms with E-state index in [9.17, 15) is 20.6 Å². The van der Waals surface area contributed by atoms with Crippen LogP contribution in [0.3, 0.4) is 0 Å². The van der Waals surface area contributed by atoms with Crippen LogP contribution in [0.25, 0.3) is 6.08 Å². The molecule has 1 N–H and O–H groups in total. The second kappa shape index (κ2) is 15.4. The lowest BCUT2D eigenvalue weighted by Gasteiger charge is -2.20. The fourth-order valence-electron chi connectivity index (χ4n) is 4.45. The fraction of sp³-hybridized carbons (Fsp3) is 0.500. The predicted molar refractivity (Wildman–Crippen MR) is 155 cm³/mol. The molecule has 1 aliphatic rings. The number of hydrogen-bond donors (Lipinski definition) is 1. The topological polar surface area (TPSA) is 113 Å². The van der Waals surface area contributed by atoms with Crippen LogP contribution in [0.1, 0.15) is 78.2 Å². The minimum Gasteiger partial charge on any atom is -0.480 e. The second-order valence-corrected chi connectivity index (χ2v) is 10.8. The van der Waals surface area contributed by atoms with Gasteiger partial charge >= 0.3 is 0 Å². The van der Waals surface area contributed by atoms with E-state index in [0.717, 1.165) is 43.1 Å². The molecule has 0 unspecified atom stereocenters. The van der Waals surface area contributed by atoms with E-state index >= 15 is 0 Å². The number of unbranched alkanes of at least 4 members (excludes halogenated alkanes) is 3. The van der Waals surface area contributed by atoms with Gasteiger partial charge in [-0.1, -0.05) is 63.8 Å². The van der Waals surface area contributed by atoms with E-state index in [2.05, 4.69) is 30.1 Å². The number of hydrogen-bond acceptors (Lipinski definition) is 6. The van der Waals surface area contributed by atoms with Gasteiger partial charge in [-0.05, 0) is 50.3 Å². The van der Waals surface area contributed by atoms with Crippen molar-refractivity contribution in [1.29, 1.82) is 15.8 Å². The first-order chi connectivity index (χ1) is 18.6. The Bertz CT molecular complexity index is 1180. The van der Waals surface area contributed by atoms with E-state index in [4.69, 9.17) is 4.74 Å². The molecule has 206 valence electrons. The van der Waals surface area contributed by atoms with Crippen molar-refractivity contribution in [3.05, 3.63) is 58.4 Å². The largest absolute Gasteiger partial charge is 0.480 e. The molecule has 0 radical (unpaired) electrons. The number of nitrogens with one attached hydrogen (secondary N) is 1. The van der Waals surface area contributed by atoms with Crippen LogP contribution in [-0.4, -0.2) is 31.6 Å². The monoisotopic (exact) mass is 527 g/mol. The van der Waals surface area contributed by atoms with Gasteiger partial charge in [0.1, 0.15) is 29.4 Å². The van der Waals surface area contributed by atoms with Crippen LogP contribution in [0.5, 0.6) is 0 Å². The molecule has 7 heteroatoms. The second-order valence-electron chi connectivity index (χ2n) is 10.8. The summed E-state index contributed by atoms with van der Waals surface area (Å²) in [5.74, 6) is 0.919. The number of amides is 1. The van der Waals surface area contributed by atoms with E-state index in [-0.39, 0.29) is 22.8 Å². The molecule has 1 aliphatic heterocycles. The van der Waals surface area contributed by atoms with Crippen molar-refractivity contribution < 1.29 is 9.53 Å².